The topological polar surface area (TPSA) is 72.8 Å². The summed E-state index contributed by atoms with van der Waals surface area (Å²) in [6, 6.07) is 3.56. The number of carboxylic acids is 1. The molecule has 0 amide bonds. The number of ether oxygens (including phenoxy) is 2. The van der Waals surface area contributed by atoms with Gasteiger partial charge in [0.25, 0.3) is 0 Å². The predicted molar refractivity (Wildman–Crippen MR) is 77.5 cm³/mol. The van der Waals surface area contributed by atoms with Crippen LogP contribution in [0.1, 0.15) is 28.4 Å². The smallest absolute Gasteiger partial charge is 0.341 e. The fourth-order valence-electron chi connectivity index (χ4n) is 1.76. The molecule has 0 saturated heterocycles. The maximum absolute atomic E-state index is 11.7. The molecule has 0 radical (unpaired) electrons. The van der Waals surface area contributed by atoms with Crippen LogP contribution in [0.3, 0.4) is 0 Å². The van der Waals surface area contributed by atoms with Crippen molar-refractivity contribution in [2.75, 3.05) is 14.2 Å². The van der Waals surface area contributed by atoms with Crippen molar-refractivity contribution in [1.82, 2.24) is 0 Å². The molecule has 1 N–H and O–H groups in total. The fourth-order valence-corrected chi connectivity index (χ4v) is 2.51. The average Bonchev–Trinajstić information content (AvgIpc) is 2.42. The summed E-state index contributed by atoms with van der Waals surface area (Å²) in [5.74, 6) is -0.337. The number of aryl methyl sites for hydroxylation is 1. The molecule has 0 aliphatic heterocycles. The van der Waals surface area contributed by atoms with E-state index in [1.54, 1.807) is 13.0 Å². The van der Waals surface area contributed by atoms with Crippen molar-refractivity contribution >= 4 is 23.7 Å². The summed E-state index contributed by atoms with van der Waals surface area (Å²) >= 11 is 1.30. The molecule has 1 atom stereocenters. The summed E-state index contributed by atoms with van der Waals surface area (Å²) in [6.07, 6.45) is 0. The van der Waals surface area contributed by atoms with Crippen molar-refractivity contribution in [2.45, 2.75) is 24.9 Å². The molecular weight excluding hydrogens is 280 g/mol. The number of carboxylic acid groups (broad SMARTS) is 1. The van der Waals surface area contributed by atoms with Crippen LogP contribution in [0.4, 0.5) is 0 Å². The minimum atomic E-state index is -0.853. The Bertz CT molecular complexity index is 513. The third-order valence-corrected chi connectivity index (χ3v) is 3.99. The summed E-state index contributed by atoms with van der Waals surface area (Å²) in [6.45, 7) is 3.46. The van der Waals surface area contributed by atoms with Crippen LogP contribution in [-0.2, 0) is 15.3 Å². The lowest BCUT2D eigenvalue weighted by Gasteiger charge is -2.13. The number of hydrogen-bond donors (Lipinski definition) is 1. The van der Waals surface area contributed by atoms with Gasteiger partial charge in [-0.1, -0.05) is 6.07 Å². The van der Waals surface area contributed by atoms with Gasteiger partial charge >= 0.3 is 11.9 Å². The molecule has 20 heavy (non-hydrogen) atoms. The number of hydrogen-bond acceptors (Lipinski definition) is 5. The normalized spacial score (nSPS) is 11.8. The highest BCUT2D eigenvalue weighted by atomic mass is 32.2. The van der Waals surface area contributed by atoms with E-state index in [0.29, 0.717) is 17.1 Å². The Labute approximate surface area is 122 Å². The Morgan fingerprint density at radius 1 is 1.35 bits per heavy atom. The van der Waals surface area contributed by atoms with Gasteiger partial charge in [0.1, 0.15) is 11.3 Å². The molecule has 0 saturated carbocycles. The third-order valence-electron chi connectivity index (χ3n) is 2.79. The second-order valence-electron chi connectivity index (χ2n) is 4.28. The van der Waals surface area contributed by atoms with Crippen LogP contribution >= 0.6 is 11.8 Å². The quantitative estimate of drug-likeness (QED) is 0.813. The van der Waals surface area contributed by atoms with Crippen LogP contribution in [0.25, 0.3) is 0 Å². The molecule has 0 spiro atoms. The molecule has 0 fully saturated rings. The number of esters is 1. The van der Waals surface area contributed by atoms with E-state index in [-0.39, 0.29) is 0 Å². The van der Waals surface area contributed by atoms with Gasteiger partial charge in [0, 0.05) is 5.75 Å². The van der Waals surface area contributed by atoms with Crippen molar-refractivity contribution in [3.8, 4) is 5.75 Å². The van der Waals surface area contributed by atoms with Crippen LogP contribution in [-0.4, -0.2) is 36.5 Å². The predicted octanol–water partition coefficient (Wildman–Crippen LogP) is 2.50. The molecule has 6 heteroatoms. The zero-order valence-corrected chi connectivity index (χ0v) is 12.7. The monoisotopic (exact) mass is 298 g/mol. The van der Waals surface area contributed by atoms with E-state index in [1.165, 1.54) is 26.0 Å². The fraction of sp³-hybridized carbons (Fsp3) is 0.429. The van der Waals surface area contributed by atoms with Crippen molar-refractivity contribution in [2.24, 2.45) is 0 Å². The molecule has 0 bridgehead atoms. The summed E-state index contributed by atoms with van der Waals surface area (Å²) < 4.78 is 9.95. The molecule has 0 heterocycles. The van der Waals surface area contributed by atoms with Crippen molar-refractivity contribution in [3.05, 3.63) is 28.8 Å². The van der Waals surface area contributed by atoms with Crippen molar-refractivity contribution in [1.29, 1.82) is 0 Å². The van der Waals surface area contributed by atoms with Gasteiger partial charge in [-0.15, -0.1) is 11.8 Å². The number of thioether (sulfide) groups is 1. The van der Waals surface area contributed by atoms with Gasteiger partial charge in [-0.3, -0.25) is 4.79 Å². The number of benzene rings is 1. The molecule has 0 aromatic heterocycles. The van der Waals surface area contributed by atoms with E-state index >= 15 is 0 Å². The highest BCUT2D eigenvalue weighted by molar-refractivity contribution is 7.99. The lowest BCUT2D eigenvalue weighted by molar-refractivity contribution is -0.136. The van der Waals surface area contributed by atoms with Gasteiger partial charge in [-0.05, 0) is 31.0 Å². The van der Waals surface area contributed by atoms with Gasteiger partial charge < -0.3 is 14.6 Å². The van der Waals surface area contributed by atoms with Gasteiger partial charge in [0.2, 0.25) is 0 Å². The molecule has 1 aromatic carbocycles. The van der Waals surface area contributed by atoms with Crippen LogP contribution in [0.2, 0.25) is 0 Å². The van der Waals surface area contributed by atoms with E-state index in [2.05, 4.69) is 0 Å². The Morgan fingerprint density at radius 2 is 2.00 bits per heavy atom. The van der Waals surface area contributed by atoms with E-state index < -0.39 is 17.2 Å². The van der Waals surface area contributed by atoms with Gasteiger partial charge in [0.05, 0.1) is 19.5 Å². The largest absolute Gasteiger partial charge is 0.496 e. The van der Waals surface area contributed by atoms with Gasteiger partial charge in [0.15, 0.2) is 0 Å². The summed E-state index contributed by atoms with van der Waals surface area (Å²) in [5.41, 5.74) is 2.03. The van der Waals surface area contributed by atoms with E-state index in [9.17, 15) is 9.59 Å². The van der Waals surface area contributed by atoms with E-state index in [4.69, 9.17) is 14.6 Å². The first-order valence-corrected chi connectivity index (χ1v) is 7.05. The maximum atomic E-state index is 11.7. The van der Waals surface area contributed by atoms with Gasteiger partial charge in [-0.25, -0.2) is 4.79 Å². The van der Waals surface area contributed by atoms with Crippen molar-refractivity contribution in [3.63, 3.8) is 0 Å². The highest BCUT2D eigenvalue weighted by Gasteiger charge is 2.17. The lowest BCUT2D eigenvalue weighted by Crippen LogP contribution is -2.12. The van der Waals surface area contributed by atoms with E-state index in [0.717, 1.165) is 11.1 Å². The van der Waals surface area contributed by atoms with Crippen LogP contribution in [0, 0.1) is 6.92 Å². The SMILES string of the molecule is COC(=O)c1cc(CSC(C)C(=O)O)cc(C)c1OC. The minimum absolute atomic E-state index is 0.355. The maximum Gasteiger partial charge on any atom is 0.341 e. The van der Waals surface area contributed by atoms with Crippen LogP contribution in [0.5, 0.6) is 5.75 Å². The molecule has 1 aromatic rings. The molecule has 110 valence electrons. The Hall–Kier alpha value is -1.69. The first kappa shape index (κ1) is 16.4. The zero-order chi connectivity index (χ0) is 15.3. The standard InChI is InChI=1S/C14H18O5S/c1-8-5-10(7-20-9(2)13(15)16)6-11(12(8)18-3)14(17)19-4/h5-6,9H,7H2,1-4H3,(H,15,16). The number of carbonyl (C=O) groups excluding carboxylic acids is 1. The lowest BCUT2D eigenvalue weighted by atomic mass is 10.1. The summed E-state index contributed by atoms with van der Waals surface area (Å²) in [4.78, 5) is 22.5. The number of methoxy groups -OCH3 is 2. The molecule has 5 nitrogen and oxygen atoms in total. The molecule has 1 unspecified atom stereocenters. The first-order chi connectivity index (χ1) is 9.40. The minimum Gasteiger partial charge on any atom is -0.496 e. The Kier molecular flexibility index (Phi) is 5.88. The van der Waals surface area contributed by atoms with Crippen LogP contribution in [0.15, 0.2) is 12.1 Å². The number of aliphatic carboxylic acids is 1. The molecule has 1 rings (SSSR count). The van der Waals surface area contributed by atoms with Crippen LogP contribution < -0.4 is 4.74 Å². The third kappa shape index (κ3) is 3.90. The van der Waals surface area contributed by atoms with Gasteiger partial charge in [-0.2, -0.15) is 0 Å². The Balaban J connectivity index is 3.02. The first-order valence-electron chi connectivity index (χ1n) is 6.01. The molecule has 0 aliphatic carbocycles. The zero-order valence-electron chi connectivity index (χ0n) is 11.9. The molecular formula is C14H18O5S. The second kappa shape index (κ2) is 7.19. The average molecular weight is 298 g/mol. The summed E-state index contributed by atoms with van der Waals surface area (Å²) in [7, 11) is 2.81. The molecule has 0 aliphatic rings. The number of carbonyl (C=O) groups is 2. The Morgan fingerprint density at radius 3 is 2.50 bits per heavy atom. The summed E-state index contributed by atoms with van der Waals surface area (Å²) in [5, 5.41) is 8.36. The van der Waals surface area contributed by atoms with E-state index in [1.807, 2.05) is 13.0 Å². The highest BCUT2D eigenvalue weighted by Crippen LogP contribution is 2.28. The number of rotatable bonds is 6. The second-order valence-corrected chi connectivity index (χ2v) is 5.61. The van der Waals surface area contributed by atoms with Crippen molar-refractivity contribution < 1.29 is 24.2 Å².